The lowest BCUT2D eigenvalue weighted by molar-refractivity contribution is -0.117. The molecular weight excluding hydrogens is 433 g/mol. The number of nitrogens with zero attached hydrogens (tertiary/aromatic N) is 1. The topological polar surface area (TPSA) is 78.5 Å². The van der Waals surface area contributed by atoms with E-state index in [1.807, 2.05) is 11.8 Å². The molecule has 2 aromatic carbocycles. The molecular formula is C20H23Cl2N3O3S. The molecule has 9 heteroatoms. The van der Waals surface area contributed by atoms with Gasteiger partial charge in [0.15, 0.2) is 0 Å². The molecule has 0 spiro atoms. The Labute approximate surface area is 181 Å². The van der Waals surface area contributed by atoms with Crippen LogP contribution in [-0.2, 0) is 14.8 Å². The standard InChI is InChI=1S/C20H23Cl2N3O3S/c1-14-7-8-17(21)20(19(14)22)23-18(26)13-25-11-9-15(10-12-25)24-29(27,28)16-5-3-2-4-6-16/h2-8,15,24H,9-13H2,1H3,(H,23,26). The number of benzene rings is 2. The third kappa shape index (κ3) is 5.71. The predicted molar refractivity (Wildman–Crippen MR) is 116 cm³/mol. The molecule has 29 heavy (non-hydrogen) atoms. The summed E-state index contributed by atoms with van der Waals surface area (Å²) in [5, 5.41) is 3.60. The summed E-state index contributed by atoms with van der Waals surface area (Å²) in [6, 6.07) is 11.7. The molecule has 156 valence electrons. The van der Waals surface area contributed by atoms with Gasteiger partial charge in [-0.25, -0.2) is 13.1 Å². The fourth-order valence-electron chi connectivity index (χ4n) is 3.25. The summed E-state index contributed by atoms with van der Waals surface area (Å²) in [6.45, 7) is 3.27. The van der Waals surface area contributed by atoms with Crippen molar-refractivity contribution in [2.75, 3.05) is 25.0 Å². The second-order valence-electron chi connectivity index (χ2n) is 7.09. The molecule has 0 atom stereocenters. The minimum absolute atomic E-state index is 0.153. The zero-order chi connectivity index (χ0) is 21.0. The van der Waals surface area contributed by atoms with Gasteiger partial charge in [-0.2, -0.15) is 0 Å². The van der Waals surface area contributed by atoms with Crippen molar-refractivity contribution in [1.29, 1.82) is 0 Å². The van der Waals surface area contributed by atoms with Crippen molar-refractivity contribution in [3.8, 4) is 0 Å². The van der Waals surface area contributed by atoms with Gasteiger partial charge in [-0.1, -0.05) is 47.5 Å². The van der Waals surface area contributed by atoms with E-state index >= 15 is 0 Å². The maximum absolute atomic E-state index is 12.4. The van der Waals surface area contributed by atoms with Gasteiger partial charge in [0.1, 0.15) is 0 Å². The van der Waals surface area contributed by atoms with Gasteiger partial charge in [0.05, 0.1) is 27.2 Å². The van der Waals surface area contributed by atoms with Crippen LogP contribution in [0.25, 0.3) is 0 Å². The first-order valence-corrected chi connectivity index (χ1v) is 11.5. The van der Waals surface area contributed by atoms with E-state index in [4.69, 9.17) is 23.2 Å². The molecule has 0 aliphatic carbocycles. The number of nitrogens with one attached hydrogen (secondary N) is 2. The maximum Gasteiger partial charge on any atom is 0.240 e. The predicted octanol–water partition coefficient (Wildman–Crippen LogP) is 3.68. The third-order valence-electron chi connectivity index (χ3n) is 4.88. The molecule has 0 bridgehead atoms. The molecule has 3 rings (SSSR count). The molecule has 1 saturated heterocycles. The average Bonchev–Trinajstić information content (AvgIpc) is 2.70. The normalized spacial score (nSPS) is 16.0. The Morgan fingerprint density at radius 2 is 1.76 bits per heavy atom. The zero-order valence-corrected chi connectivity index (χ0v) is 18.3. The van der Waals surface area contributed by atoms with Crippen LogP contribution in [0.4, 0.5) is 5.69 Å². The molecule has 0 aromatic heterocycles. The van der Waals surface area contributed by atoms with Gasteiger partial charge >= 0.3 is 0 Å². The Morgan fingerprint density at radius 1 is 1.10 bits per heavy atom. The number of carbonyl (C=O) groups is 1. The van der Waals surface area contributed by atoms with Gasteiger partial charge < -0.3 is 5.32 Å². The maximum atomic E-state index is 12.4. The van der Waals surface area contributed by atoms with E-state index in [1.54, 1.807) is 42.5 Å². The average molecular weight is 456 g/mol. The van der Waals surface area contributed by atoms with E-state index in [-0.39, 0.29) is 23.4 Å². The first-order chi connectivity index (χ1) is 13.8. The Kier molecular flexibility index (Phi) is 7.19. The molecule has 2 aromatic rings. The highest BCUT2D eigenvalue weighted by Crippen LogP contribution is 2.32. The number of likely N-dealkylation sites (tertiary alicyclic amines) is 1. The van der Waals surface area contributed by atoms with E-state index in [0.717, 1.165) is 5.56 Å². The van der Waals surface area contributed by atoms with Crippen molar-refractivity contribution < 1.29 is 13.2 Å². The highest BCUT2D eigenvalue weighted by Gasteiger charge is 2.25. The van der Waals surface area contributed by atoms with Gasteiger partial charge in [-0.15, -0.1) is 0 Å². The van der Waals surface area contributed by atoms with Crippen LogP contribution in [-0.4, -0.2) is 44.9 Å². The molecule has 1 aliphatic rings. The minimum Gasteiger partial charge on any atom is -0.322 e. The number of sulfonamides is 1. The number of halogens is 2. The van der Waals surface area contributed by atoms with Crippen LogP contribution in [0.1, 0.15) is 18.4 Å². The number of piperidine rings is 1. The SMILES string of the molecule is Cc1ccc(Cl)c(NC(=O)CN2CCC(NS(=O)(=O)c3ccccc3)CC2)c1Cl. The quantitative estimate of drug-likeness (QED) is 0.695. The van der Waals surface area contributed by atoms with Crippen molar-refractivity contribution in [1.82, 2.24) is 9.62 Å². The summed E-state index contributed by atoms with van der Waals surface area (Å²) in [6.07, 6.45) is 1.26. The Bertz CT molecular complexity index is 976. The van der Waals surface area contributed by atoms with E-state index in [1.165, 1.54) is 0 Å². The Balaban J connectivity index is 1.51. The van der Waals surface area contributed by atoms with Crippen molar-refractivity contribution in [3.05, 3.63) is 58.1 Å². The van der Waals surface area contributed by atoms with Crippen molar-refractivity contribution >= 4 is 44.8 Å². The lowest BCUT2D eigenvalue weighted by atomic mass is 10.1. The molecule has 1 aliphatic heterocycles. The molecule has 1 fully saturated rings. The van der Waals surface area contributed by atoms with Crippen LogP contribution in [0.5, 0.6) is 0 Å². The van der Waals surface area contributed by atoms with Crippen LogP contribution in [0.15, 0.2) is 47.4 Å². The molecule has 0 radical (unpaired) electrons. The van der Waals surface area contributed by atoms with Crippen molar-refractivity contribution in [3.63, 3.8) is 0 Å². The second kappa shape index (κ2) is 9.45. The van der Waals surface area contributed by atoms with Gasteiger partial charge in [0.2, 0.25) is 15.9 Å². The van der Waals surface area contributed by atoms with Crippen LogP contribution < -0.4 is 10.0 Å². The summed E-state index contributed by atoms with van der Waals surface area (Å²) in [4.78, 5) is 14.7. The molecule has 1 amide bonds. The fourth-order valence-corrected chi connectivity index (χ4v) is 5.04. The van der Waals surface area contributed by atoms with Crippen molar-refractivity contribution in [2.24, 2.45) is 0 Å². The molecule has 0 saturated carbocycles. The number of anilines is 1. The third-order valence-corrected chi connectivity index (χ3v) is 7.22. The largest absolute Gasteiger partial charge is 0.322 e. The molecule has 6 nitrogen and oxygen atoms in total. The second-order valence-corrected chi connectivity index (χ2v) is 9.59. The Hall–Kier alpha value is -1.64. The fraction of sp³-hybridized carbons (Fsp3) is 0.350. The van der Waals surface area contributed by atoms with Crippen LogP contribution in [0, 0.1) is 6.92 Å². The highest BCUT2D eigenvalue weighted by atomic mass is 35.5. The summed E-state index contributed by atoms with van der Waals surface area (Å²) >= 11 is 12.4. The molecule has 0 unspecified atom stereocenters. The summed E-state index contributed by atoms with van der Waals surface area (Å²) in [5.74, 6) is -0.206. The zero-order valence-electron chi connectivity index (χ0n) is 16.0. The smallest absolute Gasteiger partial charge is 0.240 e. The van der Waals surface area contributed by atoms with Crippen LogP contribution in [0.3, 0.4) is 0 Å². The lowest BCUT2D eigenvalue weighted by Crippen LogP contribution is -2.46. The summed E-state index contributed by atoms with van der Waals surface area (Å²) in [5.41, 5.74) is 1.25. The van der Waals surface area contributed by atoms with Gasteiger partial charge in [0, 0.05) is 19.1 Å². The number of carbonyl (C=O) groups excluding carboxylic acids is 1. The van der Waals surface area contributed by atoms with Gasteiger partial charge in [-0.3, -0.25) is 9.69 Å². The number of amides is 1. The number of hydrogen-bond donors (Lipinski definition) is 2. The highest BCUT2D eigenvalue weighted by molar-refractivity contribution is 7.89. The Morgan fingerprint density at radius 3 is 2.41 bits per heavy atom. The van der Waals surface area contributed by atoms with E-state index in [9.17, 15) is 13.2 Å². The van der Waals surface area contributed by atoms with E-state index in [0.29, 0.717) is 41.7 Å². The van der Waals surface area contributed by atoms with E-state index in [2.05, 4.69) is 10.0 Å². The van der Waals surface area contributed by atoms with E-state index < -0.39 is 10.0 Å². The summed E-state index contributed by atoms with van der Waals surface area (Å²) < 4.78 is 27.6. The summed E-state index contributed by atoms with van der Waals surface area (Å²) in [7, 11) is -3.53. The number of hydrogen-bond acceptors (Lipinski definition) is 4. The monoisotopic (exact) mass is 455 g/mol. The minimum atomic E-state index is -3.53. The van der Waals surface area contributed by atoms with Gasteiger partial charge in [0.25, 0.3) is 0 Å². The number of aryl methyl sites for hydroxylation is 1. The first-order valence-electron chi connectivity index (χ1n) is 9.30. The lowest BCUT2D eigenvalue weighted by Gasteiger charge is -2.31. The molecule has 1 heterocycles. The number of rotatable bonds is 6. The van der Waals surface area contributed by atoms with Crippen LogP contribution >= 0.6 is 23.2 Å². The van der Waals surface area contributed by atoms with Gasteiger partial charge in [-0.05, 0) is 43.5 Å². The van der Waals surface area contributed by atoms with Crippen molar-refractivity contribution in [2.45, 2.75) is 30.7 Å². The molecule has 2 N–H and O–H groups in total. The first kappa shape index (κ1) is 22.1. The van der Waals surface area contributed by atoms with Crippen LogP contribution in [0.2, 0.25) is 10.0 Å².